The van der Waals surface area contributed by atoms with Crippen LogP contribution >= 0.6 is 7.60 Å². The van der Waals surface area contributed by atoms with Gasteiger partial charge in [-0.15, -0.1) is 0 Å². The minimum Gasteiger partial charge on any atom is -0.393 e. The standard InChI is InChI=1S/C52H75FN3O7P/c1-10-62-64(61,63-11-2)45(35-14-12-15-36(53)31-35)56-37-18-16-34(17-19-37)30-43(59)54-28-13-29-55-46(60)49(6)25-24-48(5)26-27-51(8)38(39(48)33-49)32-40(57)44-50(7)22-21-42(58)47(3,4)41(50)20-23-52(44,51)9/h12,14-19,31-32,39,41-42,44-45,56,58H,10-11,13,20-30,33H2,1-9H3,(H,54,59)(H,55,60)/t39-,41-,42-,44+,45?,48+,49-,50-,51+,52+/m0/s1. The number of fused-ring (bicyclic) bond motifs is 7. The molecule has 1 unspecified atom stereocenters. The van der Waals surface area contributed by atoms with Gasteiger partial charge in [-0.3, -0.25) is 18.9 Å². The number of halogens is 1. The molecule has 64 heavy (non-hydrogen) atoms. The Morgan fingerprint density at radius 1 is 0.875 bits per heavy atom. The number of aliphatic hydroxyl groups is 1. The SMILES string of the molecule is CCOP(=O)(OCC)C(Nc1ccc(CC(=O)NCCCNC(=O)[C@@]2(C)CC[C@]3(C)CC[C@]4(C)C(=CC(=O)[C@@H]5[C@@]6(C)CC[C@H](O)C(C)(C)[C@@H]6CC[C@]54C)[C@@H]3C2)cc1)c1cccc(F)c1. The Balaban J connectivity index is 0.934. The van der Waals surface area contributed by atoms with Gasteiger partial charge in [0.25, 0.3) is 0 Å². The summed E-state index contributed by atoms with van der Waals surface area (Å²) >= 11 is 0. The number of nitrogens with one attached hydrogen (secondary N) is 3. The predicted molar refractivity (Wildman–Crippen MR) is 250 cm³/mol. The van der Waals surface area contributed by atoms with Crippen molar-refractivity contribution in [1.29, 1.82) is 0 Å². The molecule has 12 heteroatoms. The Morgan fingerprint density at radius 3 is 2.22 bits per heavy atom. The summed E-state index contributed by atoms with van der Waals surface area (Å²) in [5.74, 6) is -0.872. The van der Waals surface area contributed by atoms with Gasteiger partial charge in [-0.05, 0) is 158 Å². The molecular weight excluding hydrogens is 829 g/mol. The molecule has 4 saturated carbocycles. The average molecular weight is 904 g/mol. The molecular formula is C52H75FN3O7P. The van der Waals surface area contributed by atoms with E-state index in [2.05, 4.69) is 70.5 Å². The fourth-order valence-corrected chi connectivity index (χ4v) is 15.7. The molecule has 0 heterocycles. The van der Waals surface area contributed by atoms with Crippen molar-refractivity contribution in [1.82, 2.24) is 10.6 Å². The number of ketones is 1. The number of hydrogen-bond donors (Lipinski definition) is 4. The van der Waals surface area contributed by atoms with Crippen molar-refractivity contribution in [2.75, 3.05) is 31.6 Å². The van der Waals surface area contributed by atoms with Gasteiger partial charge in [-0.1, -0.05) is 78.3 Å². The van der Waals surface area contributed by atoms with Gasteiger partial charge in [0.1, 0.15) is 5.82 Å². The maximum atomic E-state index is 14.7. The first kappa shape index (κ1) is 48.6. The summed E-state index contributed by atoms with van der Waals surface area (Å²) in [4.78, 5) is 41.7. The zero-order chi connectivity index (χ0) is 46.5. The number of anilines is 1. The molecule has 352 valence electrons. The summed E-state index contributed by atoms with van der Waals surface area (Å²) in [6.45, 7) is 20.7. The largest absolute Gasteiger partial charge is 0.393 e. The number of amides is 2. The van der Waals surface area contributed by atoms with Crippen molar-refractivity contribution in [2.45, 2.75) is 145 Å². The zero-order valence-electron chi connectivity index (χ0n) is 39.9. The molecule has 10 nitrogen and oxygen atoms in total. The molecule has 7 rings (SSSR count). The maximum Gasteiger partial charge on any atom is 0.357 e. The van der Waals surface area contributed by atoms with E-state index in [9.17, 15) is 28.4 Å². The molecule has 0 aliphatic heterocycles. The number of carbonyl (C=O) groups is 3. The minimum absolute atomic E-state index is 0.0380. The van der Waals surface area contributed by atoms with E-state index in [1.165, 1.54) is 17.7 Å². The van der Waals surface area contributed by atoms with Crippen molar-refractivity contribution in [3.05, 3.63) is 77.1 Å². The second-order valence-electron chi connectivity index (χ2n) is 21.9. The lowest BCUT2D eigenvalue weighted by Gasteiger charge is -2.70. The van der Waals surface area contributed by atoms with E-state index >= 15 is 0 Å². The second-order valence-corrected chi connectivity index (χ2v) is 24.1. The number of carbonyl (C=O) groups excluding carboxylic acids is 3. The number of rotatable bonds is 15. The molecule has 10 atom stereocenters. The Bertz CT molecular complexity index is 2150. The third kappa shape index (κ3) is 8.58. The number of allylic oxidation sites excluding steroid dienone is 2. The Kier molecular flexibility index (Phi) is 13.7. The molecule has 2 aromatic carbocycles. The summed E-state index contributed by atoms with van der Waals surface area (Å²) in [6.07, 6.45) is 10.7. The van der Waals surface area contributed by atoms with Crippen molar-refractivity contribution in [3.8, 4) is 0 Å². The van der Waals surface area contributed by atoms with Crippen LogP contribution in [0.5, 0.6) is 0 Å². The van der Waals surface area contributed by atoms with Crippen LogP contribution in [-0.4, -0.2) is 55.1 Å². The minimum atomic E-state index is -3.73. The van der Waals surface area contributed by atoms with Gasteiger partial charge < -0.3 is 30.1 Å². The molecule has 0 spiro atoms. The predicted octanol–water partition coefficient (Wildman–Crippen LogP) is 10.7. The highest BCUT2D eigenvalue weighted by Crippen LogP contribution is 2.75. The summed E-state index contributed by atoms with van der Waals surface area (Å²) in [7, 11) is -3.73. The van der Waals surface area contributed by atoms with Crippen molar-refractivity contribution in [3.63, 3.8) is 0 Å². The van der Waals surface area contributed by atoms with Gasteiger partial charge in [-0.2, -0.15) is 0 Å². The van der Waals surface area contributed by atoms with E-state index in [4.69, 9.17) is 9.05 Å². The first-order chi connectivity index (χ1) is 30.1. The smallest absolute Gasteiger partial charge is 0.357 e. The van der Waals surface area contributed by atoms with E-state index in [1.54, 1.807) is 38.1 Å². The molecule has 2 amide bonds. The lowest BCUT2D eigenvalue weighted by molar-refractivity contribution is -0.202. The van der Waals surface area contributed by atoms with Crippen LogP contribution in [-0.2, 0) is 34.4 Å². The molecule has 0 radical (unpaired) electrons. The molecule has 4 N–H and O–H groups in total. The van der Waals surface area contributed by atoms with Crippen LogP contribution in [0.3, 0.4) is 0 Å². The number of hydrogen-bond acceptors (Lipinski definition) is 8. The zero-order valence-corrected chi connectivity index (χ0v) is 40.8. The summed E-state index contributed by atoms with van der Waals surface area (Å²) < 4.78 is 39.3. The topological polar surface area (TPSA) is 143 Å². The second kappa shape index (κ2) is 18.0. The normalized spacial score (nSPS) is 34.8. The van der Waals surface area contributed by atoms with Crippen LogP contribution in [0.4, 0.5) is 10.1 Å². The van der Waals surface area contributed by atoms with Gasteiger partial charge in [0.05, 0.1) is 25.7 Å². The Morgan fingerprint density at radius 2 is 1.55 bits per heavy atom. The number of benzene rings is 2. The quantitative estimate of drug-likeness (QED) is 0.102. The van der Waals surface area contributed by atoms with Crippen molar-refractivity contribution in [2.24, 2.45) is 50.2 Å². The van der Waals surface area contributed by atoms with Crippen LogP contribution in [0.1, 0.15) is 143 Å². The van der Waals surface area contributed by atoms with Gasteiger partial charge in [0.2, 0.25) is 11.8 Å². The van der Waals surface area contributed by atoms with E-state index in [0.29, 0.717) is 36.7 Å². The van der Waals surface area contributed by atoms with Gasteiger partial charge in [-0.25, -0.2) is 4.39 Å². The molecule has 0 aromatic heterocycles. The van der Waals surface area contributed by atoms with Crippen LogP contribution < -0.4 is 16.0 Å². The summed E-state index contributed by atoms with van der Waals surface area (Å²) in [5, 5.41) is 20.5. The summed E-state index contributed by atoms with van der Waals surface area (Å²) in [5.41, 5.74) is 1.87. The molecule has 0 saturated heterocycles. The molecule has 2 aromatic rings. The fraction of sp³-hybridized carbons (Fsp3) is 0.673. The monoisotopic (exact) mass is 904 g/mol. The Hall–Kier alpha value is -3.37. The van der Waals surface area contributed by atoms with E-state index in [1.807, 2.05) is 12.1 Å². The first-order valence-electron chi connectivity index (χ1n) is 24.1. The lowest BCUT2D eigenvalue weighted by Crippen LogP contribution is -2.66. The van der Waals surface area contributed by atoms with Gasteiger partial charge >= 0.3 is 7.60 Å². The highest BCUT2D eigenvalue weighted by molar-refractivity contribution is 7.54. The third-order valence-electron chi connectivity index (χ3n) is 17.8. The van der Waals surface area contributed by atoms with E-state index < -0.39 is 24.6 Å². The Labute approximate surface area is 381 Å². The molecule has 0 bridgehead atoms. The van der Waals surface area contributed by atoms with Gasteiger partial charge in [0.15, 0.2) is 11.6 Å². The van der Waals surface area contributed by atoms with E-state index in [-0.39, 0.29) is 82.2 Å². The summed E-state index contributed by atoms with van der Waals surface area (Å²) in [6, 6.07) is 13.0. The lowest BCUT2D eigenvalue weighted by atomic mass is 9.33. The maximum absolute atomic E-state index is 14.7. The van der Waals surface area contributed by atoms with E-state index in [0.717, 1.165) is 63.4 Å². The molecule has 5 aliphatic carbocycles. The van der Waals surface area contributed by atoms with Crippen LogP contribution in [0.25, 0.3) is 0 Å². The third-order valence-corrected chi connectivity index (χ3v) is 20.1. The highest BCUT2D eigenvalue weighted by Gasteiger charge is 2.70. The van der Waals surface area contributed by atoms with Crippen LogP contribution in [0.2, 0.25) is 0 Å². The van der Waals surface area contributed by atoms with Crippen molar-refractivity contribution < 1.29 is 37.5 Å². The molecule has 5 aliphatic rings. The van der Waals surface area contributed by atoms with Gasteiger partial charge in [0, 0.05) is 30.1 Å². The van der Waals surface area contributed by atoms with Crippen molar-refractivity contribution >= 4 is 30.9 Å². The van der Waals surface area contributed by atoms with Crippen LogP contribution in [0, 0.1) is 56.1 Å². The first-order valence-corrected chi connectivity index (χ1v) is 25.7. The fourth-order valence-electron chi connectivity index (χ4n) is 13.8. The number of aliphatic hydroxyl groups excluding tert-OH is 1. The van der Waals surface area contributed by atoms with Crippen LogP contribution in [0.15, 0.2) is 60.2 Å². The average Bonchev–Trinajstić information content (AvgIpc) is 3.23. The highest BCUT2D eigenvalue weighted by atomic mass is 31.2. The molecule has 4 fully saturated rings.